The lowest BCUT2D eigenvalue weighted by Crippen LogP contribution is -2.37. The van der Waals surface area contributed by atoms with Crippen molar-refractivity contribution in [1.29, 1.82) is 0 Å². The maximum Gasteiger partial charge on any atom is 0.335 e. The van der Waals surface area contributed by atoms with Gasteiger partial charge in [-0.05, 0) is 12.1 Å². The van der Waals surface area contributed by atoms with Gasteiger partial charge in [0, 0.05) is 7.05 Å². The van der Waals surface area contributed by atoms with Crippen molar-refractivity contribution in [1.82, 2.24) is 24.5 Å². The zero-order valence-electron chi connectivity index (χ0n) is 21.7. The van der Waals surface area contributed by atoms with Crippen LogP contribution in [-0.2, 0) is 26.6 Å². The first-order chi connectivity index (χ1) is 16.9. The van der Waals surface area contributed by atoms with E-state index in [-0.39, 0.29) is 23.2 Å². The minimum Gasteiger partial charge on any atom is -0.481 e. The molecule has 1 aliphatic rings. The highest BCUT2D eigenvalue weighted by molar-refractivity contribution is 7.90. The Balaban J connectivity index is 1.89. The third kappa shape index (κ3) is 4.88. The summed E-state index contributed by atoms with van der Waals surface area (Å²) in [6, 6.07) is -0.693. The van der Waals surface area contributed by atoms with Crippen LogP contribution in [0, 0.1) is 0 Å². The second kappa shape index (κ2) is 8.81. The Morgan fingerprint density at radius 1 is 1.35 bits per heavy atom. The number of aromatic nitrogens is 4. The summed E-state index contributed by atoms with van der Waals surface area (Å²) in [6.07, 6.45) is -0.497. The number of hydrogen-bond donors (Lipinski definition) is 2. The van der Waals surface area contributed by atoms with Crippen LogP contribution >= 0.6 is 11.6 Å². The van der Waals surface area contributed by atoms with Crippen LogP contribution in [0.4, 0.5) is 10.7 Å². The molecular weight excluding hydrogens is 458 g/mol. The number of nitrogens with zero attached hydrogens (tertiary/aromatic N) is 5. The lowest BCUT2D eigenvalue weighted by Gasteiger charge is -2.20. The standard InChI is InChI=1S/C15H18ClN7O7S/c1-7-6-29-21-12(30-7)10-11(16)20-23(2)13(10)31(25,26)22-15(24)19-14-17-8(27-3)5-9(18-14)28-4/h5,7H,6H2,1-4H3,(H2,17,18,19,22,24)/i3D3,4D3. The molecule has 2 N–H and O–H groups in total. The van der Waals surface area contributed by atoms with Crippen LogP contribution in [0.1, 0.15) is 20.7 Å². The number of anilines is 1. The first kappa shape index (κ1) is 15.5. The largest absolute Gasteiger partial charge is 0.481 e. The molecule has 0 bridgehead atoms. The van der Waals surface area contributed by atoms with Gasteiger partial charge in [-0.15, -0.1) is 0 Å². The highest BCUT2D eigenvalue weighted by atomic mass is 35.5. The number of carbonyl (C=O) groups excluding carboxylic acids is 1. The first-order valence-electron chi connectivity index (χ1n) is 11.1. The van der Waals surface area contributed by atoms with Crippen molar-refractivity contribution in [2.24, 2.45) is 12.2 Å². The molecule has 2 amide bonds. The summed E-state index contributed by atoms with van der Waals surface area (Å²) in [6.45, 7) is 1.73. The summed E-state index contributed by atoms with van der Waals surface area (Å²) in [5.74, 6) is -2.44. The second-order valence-corrected chi connectivity index (χ2v) is 7.80. The van der Waals surface area contributed by atoms with Gasteiger partial charge in [0.15, 0.2) is 16.8 Å². The SMILES string of the molecule is [2H]C([2H])([2H])Oc1cc(OC([2H])([2H])[2H])nc(NC(=O)NS(=O)(=O)c2c(C3=NOCC(C)O3)c(Cl)nn2C)n1. The molecule has 0 saturated carbocycles. The van der Waals surface area contributed by atoms with E-state index >= 15 is 0 Å². The number of carbonyl (C=O) groups is 1. The van der Waals surface area contributed by atoms with Gasteiger partial charge in [-0.1, -0.05) is 11.6 Å². The fourth-order valence-corrected chi connectivity index (χ4v) is 3.95. The molecule has 14 nitrogen and oxygen atoms in total. The zero-order chi connectivity index (χ0) is 27.8. The highest BCUT2D eigenvalue weighted by Gasteiger charge is 2.34. The average molecular weight is 482 g/mol. The third-order valence-electron chi connectivity index (χ3n) is 3.53. The van der Waals surface area contributed by atoms with E-state index < -0.39 is 59.0 Å². The van der Waals surface area contributed by atoms with Crippen molar-refractivity contribution >= 4 is 39.5 Å². The maximum absolute atomic E-state index is 13.0. The van der Waals surface area contributed by atoms with Gasteiger partial charge < -0.3 is 19.0 Å². The quantitative estimate of drug-likeness (QED) is 0.592. The summed E-state index contributed by atoms with van der Waals surface area (Å²) in [5, 5.41) is 8.45. The van der Waals surface area contributed by atoms with Gasteiger partial charge in [-0.25, -0.2) is 9.52 Å². The Morgan fingerprint density at radius 3 is 2.65 bits per heavy atom. The number of nitrogens with one attached hydrogen (secondary N) is 2. The van der Waals surface area contributed by atoms with Crippen LogP contribution in [0.5, 0.6) is 11.8 Å². The van der Waals surface area contributed by atoms with Gasteiger partial charge in [0.1, 0.15) is 11.7 Å². The fourth-order valence-electron chi connectivity index (χ4n) is 2.38. The molecule has 31 heavy (non-hydrogen) atoms. The van der Waals surface area contributed by atoms with E-state index in [1.807, 2.05) is 5.32 Å². The maximum atomic E-state index is 13.0. The Kier molecular flexibility index (Phi) is 4.39. The molecule has 2 aromatic heterocycles. The number of methoxy groups -OCH3 is 2. The number of aryl methyl sites for hydroxylation is 1. The summed E-state index contributed by atoms with van der Waals surface area (Å²) in [4.78, 5) is 24.7. The van der Waals surface area contributed by atoms with Crippen LogP contribution in [0.25, 0.3) is 0 Å². The number of halogens is 1. The number of rotatable bonds is 6. The monoisotopic (exact) mass is 481 g/mol. The Labute approximate surface area is 190 Å². The van der Waals surface area contributed by atoms with Crippen molar-refractivity contribution < 1.29 is 40.5 Å². The minimum atomic E-state index is -4.73. The van der Waals surface area contributed by atoms with Crippen LogP contribution in [0.2, 0.25) is 5.15 Å². The highest BCUT2D eigenvalue weighted by Crippen LogP contribution is 2.26. The predicted molar refractivity (Wildman–Crippen MR) is 106 cm³/mol. The van der Waals surface area contributed by atoms with Crippen molar-refractivity contribution in [3.8, 4) is 11.8 Å². The molecule has 0 fully saturated rings. The van der Waals surface area contributed by atoms with E-state index in [9.17, 15) is 13.2 Å². The normalized spacial score (nSPS) is 19.6. The molecule has 2 aromatic rings. The van der Waals surface area contributed by atoms with Crippen molar-refractivity contribution in [3.63, 3.8) is 0 Å². The molecule has 168 valence electrons. The Hall–Kier alpha value is -3.33. The van der Waals surface area contributed by atoms with Gasteiger partial charge in [0.05, 0.1) is 28.4 Å². The molecule has 1 unspecified atom stereocenters. The van der Waals surface area contributed by atoms with Crippen molar-refractivity contribution in [2.45, 2.75) is 18.1 Å². The van der Waals surface area contributed by atoms with Crippen LogP contribution < -0.4 is 19.5 Å². The lowest BCUT2D eigenvalue weighted by atomic mass is 10.3. The number of amides is 2. The number of ether oxygens (including phenoxy) is 3. The van der Waals surface area contributed by atoms with E-state index in [1.54, 1.807) is 11.6 Å². The lowest BCUT2D eigenvalue weighted by molar-refractivity contribution is 0.0194. The second-order valence-electron chi connectivity index (χ2n) is 5.85. The fraction of sp³-hybridized carbons (Fsp3) is 0.400. The molecule has 0 aromatic carbocycles. The predicted octanol–water partition coefficient (Wildman–Crippen LogP) is 0.488. The number of hydrogen-bond acceptors (Lipinski definition) is 11. The molecule has 0 saturated heterocycles. The molecule has 0 radical (unpaired) electrons. The average Bonchev–Trinajstić information content (AvgIpc) is 2.99. The van der Waals surface area contributed by atoms with E-state index in [4.69, 9.17) is 29.4 Å². The first-order valence-corrected chi connectivity index (χ1v) is 10.00. The molecule has 1 aliphatic heterocycles. The summed E-state index contributed by atoms with van der Waals surface area (Å²) >= 11 is 6.06. The zero-order valence-corrected chi connectivity index (χ0v) is 17.3. The minimum absolute atomic E-state index is 0.0994. The Bertz CT molecular complexity index is 1300. The van der Waals surface area contributed by atoms with E-state index in [0.29, 0.717) is 0 Å². The summed E-state index contributed by atoms with van der Waals surface area (Å²) in [5.41, 5.74) is -0.284. The van der Waals surface area contributed by atoms with Gasteiger partial charge in [0.2, 0.25) is 17.7 Å². The van der Waals surface area contributed by atoms with Gasteiger partial charge >= 0.3 is 6.03 Å². The van der Waals surface area contributed by atoms with Crippen LogP contribution in [0.15, 0.2) is 16.2 Å². The van der Waals surface area contributed by atoms with E-state index in [0.717, 1.165) is 10.7 Å². The molecule has 1 atom stereocenters. The Morgan fingerprint density at radius 2 is 2.03 bits per heavy atom. The molecule has 3 heterocycles. The van der Waals surface area contributed by atoms with Gasteiger partial charge in [0.25, 0.3) is 15.9 Å². The molecule has 3 rings (SSSR count). The van der Waals surface area contributed by atoms with Crippen molar-refractivity contribution in [3.05, 3.63) is 16.8 Å². The van der Waals surface area contributed by atoms with Crippen molar-refractivity contribution in [2.75, 3.05) is 26.0 Å². The van der Waals surface area contributed by atoms with Gasteiger partial charge in [-0.2, -0.15) is 23.5 Å². The number of sulfonamides is 1. The third-order valence-corrected chi connectivity index (χ3v) is 5.23. The summed E-state index contributed by atoms with van der Waals surface area (Å²) in [7, 11) is -9.51. The topological polar surface area (TPSA) is 168 Å². The van der Waals surface area contributed by atoms with E-state index in [2.05, 4.69) is 29.7 Å². The number of urea groups is 1. The van der Waals surface area contributed by atoms with Crippen LogP contribution in [-0.4, -0.2) is 66.9 Å². The molecule has 16 heteroatoms. The van der Waals surface area contributed by atoms with Crippen LogP contribution in [0.3, 0.4) is 0 Å². The van der Waals surface area contributed by atoms with Gasteiger partial charge in [-0.3, -0.25) is 10.00 Å². The smallest absolute Gasteiger partial charge is 0.335 e. The summed E-state index contributed by atoms with van der Waals surface area (Å²) < 4.78 is 86.2. The number of oxime groups is 1. The molecule has 0 aliphatic carbocycles. The molecule has 0 spiro atoms. The van der Waals surface area contributed by atoms with E-state index in [1.165, 1.54) is 7.05 Å². The molecular formula is C15H18ClN7O7S.